The van der Waals surface area contributed by atoms with Crippen molar-refractivity contribution in [2.75, 3.05) is 13.1 Å². The molecule has 1 heterocycles. The summed E-state index contributed by atoms with van der Waals surface area (Å²) in [6.45, 7) is 4.37. The first kappa shape index (κ1) is 18.9. The van der Waals surface area contributed by atoms with Gasteiger partial charge in [0, 0.05) is 19.5 Å². The van der Waals surface area contributed by atoms with Crippen molar-refractivity contribution in [2.45, 2.75) is 38.8 Å². The summed E-state index contributed by atoms with van der Waals surface area (Å²) in [5.41, 5.74) is 0.502. The molecule has 2 rings (SSSR count). The van der Waals surface area contributed by atoms with Gasteiger partial charge in [-0.2, -0.15) is 0 Å². The number of aliphatic hydroxyl groups is 1. The van der Waals surface area contributed by atoms with Crippen molar-refractivity contribution in [3.05, 3.63) is 34.1 Å². The second kappa shape index (κ2) is 8.07. The van der Waals surface area contributed by atoms with Crippen LogP contribution in [0.15, 0.2) is 22.7 Å². The normalized spacial score (nSPS) is 17.2. The molecule has 7 heteroatoms. The number of nitrogens with one attached hydrogen (secondary N) is 1. The summed E-state index contributed by atoms with van der Waals surface area (Å²) in [6.07, 6.45) is 0.289. The predicted octanol–water partition coefficient (Wildman–Crippen LogP) is 2.38. The van der Waals surface area contributed by atoms with Crippen LogP contribution in [0.5, 0.6) is 0 Å². The zero-order valence-electron chi connectivity index (χ0n) is 13.8. The Labute approximate surface area is 149 Å². The molecule has 0 bridgehead atoms. The number of amides is 2. The Balaban J connectivity index is 1.99. The zero-order valence-corrected chi connectivity index (χ0v) is 15.3. The second-order valence-electron chi connectivity index (χ2n) is 6.31. The maximum atomic E-state index is 13.2. The van der Waals surface area contributed by atoms with Gasteiger partial charge in [-0.15, -0.1) is 0 Å². The number of nitrogens with zero attached hydrogens (tertiary/aromatic N) is 1. The SMILES string of the molecule is CC(C)C(C(=O)NC[C@H](O)c1ccc(F)c(Br)c1)N1CCCC1=O. The Bertz CT molecular complexity index is 624. The van der Waals surface area contributed by atoms with Gasteiger partial charge in [-0.1, -0.05) is 19.9 Å². The van der Waals surface area contributed by atoms with Crippen LogP contribution in [0.4, 0.5) is 4.39 Å². The number of carbonyl (C=O) groups is 2. The van der Waals surface area contributed by atoms with Crippen LogP contribution in [0, 0.1) is 11.7 Å². The molecule has 2 N–H and O–H groups in total. The first-order valence-electron chi connectivity index (χ1n) is 8.01. The average Bonchev–Trinajstić information content (AvgIpc) is 2.93. The van der Waals surface area contributed by atoms with Crippen molar-refractivity contribution < 1.29 is 19.1 Å². The van der Waals surface area contributed by atoms with Crippen LogP contribution < -0.4 is 5.32 Å². The van der Waals surface area contributed by atoms with Crippen LogP contribution in [0.3, 0.4) is 0 Å². The van der Waals surface area contributed by atoms with Crippen molar-refractivity contribution >= 4 is 27.7 Å². The summed E-state index contributed by atoms with van der Waals surface area (Å²) in [5, 5.41) is 12.9. The summed E-state index contributed by atoms with van der Waals surface area (Å²) >= 11 is 3.07. The molecule has 1 unspecified atom stereocenters. The third-order valence-electron chi connectivity index (χ3n) is 4.14. The van der Waals surface area contributed by atoms with E-state index in [-0.39, 0.29) is 28.7 Å². The molecule has 24 heavy (non-hydrogen) atoms. The lowest BCUT2D eigenvalue weighted by molar-refractivity contribution is -0.139. The molecular weight excluding hydrogens is 379 g/mol. The molecular formula is C17H22BrFN2O3. The first-order chi connectivity index (χ1) is 11.3. The highest BCUT2D eigenvalue weighted by atomic mass is 79.9. The summed E-state index contributed by atoms with van der Waals surface area (Å²) in [6, 6.07) is 3.67. The Morgan fingerprint density at radius 2 is 2.17 bits per heavy atom. The maximum absolute atomic E-state index is 13.2. The maximum Gasteiger partial charge on any atom is 0.243 e. The summed E-state index contributed by atoms with van der Waals surface area (Å²) in [5.74, 6) is -0.723. The van der Waals surface area contributed by atoms with E-state index in [9.17, 15) is 19.1 Å². The average molecular weight is 401 g/mol. The standard InChI is InChI=1S/C17H22BrFN2O3/c1-10(2)16(21-7-3-4-15(21)23)17(24)20-9-14(22)11-5-6-13(19)12(18)8-11/h5-6,8,10,14,16,22H,3-4,7,9H2,1-2H3,(H,20,24)/t14-,16?/m0/s1. The minimum Gasteiger partial charge on any atom is -0.387 e. The van der Waals surface area contributed by atoms with Crippen molar-refractivity contribution in [3.8, 4) is 0 Å². The lowest BCUT2D eigenvalue weighted by Crippen LogP contribution is -2.51. The summed E-state index contributed by atoms with van der Waals surface area (Å²) < 4.78 is 13.5. The molecule has 1 aliphatic rings. The van der Waals surface area contributed by atoms with E-state index in [1.54, 1.807) is 4.90 Å². The predicted molar refractivity (Wildman–Crippen MR) is 91.6 cm³/mol. The second-order valence-corrected chi connectivity index (χ2v) is 7.17. The fourth-order valence-corrected chi connectivity index (χ4v) is 3.30. The van der Waals surface area contributed by atoms with E-state index in [0.29, 0.717) is 18.5 Å². The smallest absolute Gasteiger partial charge is 0.243 e. The third kappa shape index (κ3) is 4.33. The van der Waals surface area contributed by atoms with Gasteiger partial charge in [-0.05, 0) is 46.0 Å². The minimum absolute atomic E-state index is 0.00214. The molecule has 0 aliphatic carbocycles. The zero-order chi connectivity index (χ0) is 17.9. The molecule has 1 fully saturated rings. The van der Waals surface area contributed by atoms with Gasteiger partial charge in [0.15, 0.2) is 0 Å². The van der Waals surface area contributed by atoms with E-state index in [1.807, 2.05) is 13.8 Å². The van der Waals surface area contributed by atoms with Crippen LogP contribution in [0.1, 0.15) is 38.4 Å². The lowest BCUT2D eigenvalue weighted by atomic mass is 10.0. The Morgan fingerprint density at radius 1 is 1.46 bits per heavy atom. The number of likely N-dealkylation sites (tertiary alicyclic amines) is 1. The van der Waals surface area contributed by atoms with E-state index in [4.69, 9.17) is 0 Å². The number of hydrogen-bond acceptors (Lipinski definition) is 3. The van der Waals surface area contributed by atoms with Crippen molar-refractivity contribution in [1.29, 1.82) is 0 Å². The Morgan fingerprint density at radius 3 is 2.71 bits per heavy atom. The highest BCUT2D eigenvalue weighted by molar-refractivity contribution is 9.10. The van der Waals surface area contributed by atoms with Gasteiger partial charge < -0.3 is 15.3 Å². The van der Waals surface area contributed by atoms with Crippen LogP contribution in [0.2, 0.25) is 0 Å². The molecule has 2 atom stereocenters. The minimum atomic E-state index is -0.951. The van der Waals surface area contributed by atoms with Gasteiger partial charge in [0.2, 0.25) is 11.8 Å². The monoisotopic (exact) mass is 400 g/mol. The van der Waals surface area contributed by atoms with E-state index in [0.717, 1.165) is 6.42 Å². The number of benzene rings is 1. The van der Waals surface area contributed by atoms with Gasteiger partial charge >= 0.3 is 0 Å². The van der Waals surface area contributed by atoms with E-state index >= 15 is 0 Å². The number of carbonyl (C=O) groups excluding carboxylic acids is 2. The van der Waals surface area contributed by atoms with Crippen molar-refractivity contribution in [2.24, 2.45) is 5.92 Å². The van der Waals surface area contributed by atoms with Crippen molar-refractivity contribution in [1.82, 2.24) is 10.2 Å². The van der Waals surface area contributed by atoms with E-state index in [2.05, 4.69) is 21.2 Å². The molecule has 0 aromatic heterocycles. The van der Waals surface area contributed by atoms with Gasteiger partial charge in [0.05, 0.1) is 10.6 Å². The molecule has 5 nitrogen and oxygen atoms in total. The van der Waals surface area contributed by atoms with Gasteiger partial charge in [0.25, 0.3) is 0 Å². The molecule has 0 radical (unpaired) electrons. The van der Waals surface area contributed by atoms with Crippen LogP contribution in [-0.4, -0.2) is 41.0 Å². The molecule has 1 aliphatic heterocycles. The molecule has 1 aromatic carbocycles. The molecule has 0 saturated carbocycles. The highest BCUT2D eigenvalue weighted by Crippen LogP contribution is 2.22. The Hall–Kier alpha value is -1.47. The Kier molecular flexibility index (Phi) is 6.34. The molecule has 132 valence electrons. The fraction of sp³-hybridized carbons (Fsp3) is 0.529. The molecule has 1 aromatic rings. The van der Waals surface area contributed by atoms with Crippen molar-refractivity contribution in [3.63, 3.8) is 0 Å². The van der Waals surface area contributed by atoms with E-state index < -0.39 is 18.0 Å². The van der Waals surface area contributed by atoms with Gasteiger partial charge in [0.1, 0.15) is 11.9 Å². The quantitative estimate of drug-likeness (QED) is 0.769. The largest absolute Gasteiger partial charge is 0.387 e. The molecule has 2 amide bonds. The fourth-order valence-electron chi connectivity index (χ4n) is 2.91. The van der Waals surface area contributed by atoms with E-state index in [1.165, 1.54) is 18.2 Å². The number of aliphatic hydroxyl groups excluding tert-OH is 1. The lowest BCUT2D eigenvalue weighted by Gasteiger charge is -2.30. The van der Waals surface area contributed by atoms with Crippen LogP contribution in [0.25, 0.3) is 0 Å². The number of rotatable bonds is 6. The topological polar surface area (TPSA) is 69.6 Å². The summed E-state index contributed by atoms with van der Waals surface area (Å²) in [4.78, 5) is 26.0. The van der Waals surface area contributed by atoms with Crippen LogP contribution in [-0.2, 0) is 9.59 Å². The summed E-state index contributed by atoms with van der Waals surface area (Å²) in [7, 11) is 0. The first-order valence-corrected chi connectivity index (χ1v) is 8.80. The number of halogens is 2. The van der Waals surface area contributed by atoms with Crippen LogP contribution >= 0.6 is 15.9 Å². The molecule has 0 spiro atoms. The number of hydrogen-bond donors (Lipinski definition) is 2. The molecule has 1 saturated heterocycles. The van der Waals surface area contributed by atoms with Gasteiger partial charge in [-0.25, -0.2) is 4.39 Å². The highest BCUT2D eigenvalue weighted by Gasteiger charge is 2.34. The van der Waals surface area contributed by atoms with Gasteiger partial charge in [-0.3, -0.25) is 9.59 Å². The third-order valence-corrected chi connectivity index (χ3v) is 4.75.